The summed E-state index contributed by atoms with van der Waals surface area (Å²) < 4.78 is 0. The largest absolute Gasteiger partial charge is 0.396 e. The van der Waals surface area contributed by atoms with E-state index in [1.807, 2.05) is 0 Å². The van der Waals surface area contributed by atoms with E-state index in [1.165, 1.54) is 57.8 Å². The highest BCUT2D eigenvalue weighted by atomic mass is 16.3. The lowest BCUT2D eigenvalue weighted by Gasteiger charge is -2.16. The number of hydrogen-bond donors (Lipinski definition) is 1. The maximum absolute atomic E-state index is 8.89. The van der Waals surface area contributed by atoms with Crippen LogP contribution in [-0.2, 0) is 0 Å². The second-order valence-electron chi connectivity index (χ2n) is 4.20. The topological polar surface area (TPSA) is 20.2 Å². The van der Waals surface area contributed by atoms with Crippen LogP contribution in [0.5, 0.6) is 0 Å². The Kier molecular flexibility index (Phi) is 13.9. The third kappa shape index (κ3) is 8.92. The van der Waals surface area contributed by atoms with Crippen LogP contribution >= 0.6 is 0 Å². The molecule has 15 heavy (non-hydrogen) atoms. The molecule has 0 unspecified atom stereocenters. The maximum atomic E-state index is 8.89. The molecule has 1 nitrogen and oxygen atoms in total. The fourth-order valence-electron chi connectivity index (χ4n) is 2.17. The Balaban J connectivity index is 0. The van der Waals surface area contributed by atoms with Crippen LogP contribution in [0.4, 0.5) is 0 Å². The molecule has 0 aromatic heterocycles. The van der Waals surface area contributed by atoms with E-state index in [2.05, 4.69) is 0 Å². The van der Waals surface area contributed by atoms with Crippen LogP contribution in [-0.4, -0.2) is 11.7 Å². The molecule has 1 saturated carbocycles. The molecular formula is C14H27O. The van der Waals surface area contributed by atoms with E-state index in [1.54, 1.807) is 5.92 Å². The Bertz CT molecular complexity index is 102. The monoisotopic (exact) mass is 211 g/mol. The molecule has 1 rings (SSSR count). The maximum Gasteiger partial charge on any atom is 0.0436 e. The van der Waals surface area contributed by atoms with Gasteiger partial charge in [0.1, 0.15) is 0 Å². The summed E-state index contributed by atoms with van der Waals surface area (Å²) in [6.45, 7) is 0.356. The molecule has 1 heteroatoms. The van der Waals surface area contributed by atoms with Crippen molar-refractivity contribution in [2.75, 3.05) is 6.61 Å². The molecule has 0 amide bonds. The summed E-state index contributed by atoms with van der Waals surface area (Å²) in [6, 6.07) is 0. The highest BCUT2D eigenvalue weighted by Gasteiger charge is 2.09. The first-order valence-electron chi connectivity index (χ1n) is 5.88. The van der Waals surface area contributed by atoms with Crippen LogP contribution in [0.2, 0.25) is 0 Å². The van der Waals surface area contributed by atoms with Crippen molar-refractivity contribution < 1.29 is 5.11 Å². The van der Waals surface area contributed by atoms with Crippen LogP contribution in [0, 0.1) is 20.8 Å². The summed E-state index contributed by atoms with van der Waals surface area (Å²) in [5, 5.41) is 8.89. The van der Waals surface area contributed by atoms with Gasteiger partial charge in [0.05, 0.1) is 0 Å². The molecule has 0 atom stereocenters. The second kappa shape index (κ2) is 12.0. The van der Waals surface area contributed by atoms with E-state index in [4.69, 9.17) is 5.11 Å². The van der Waals surface area contributed by atoms with E-state index < -0.39 is 0 Å². The van der Waals surface area contributed by atoms with E-state index >= 15 is 0 Å². The van der Waals surface area contributed by atoms with Crippen molar-refractivity contribution in [3.63, 3.8) is 0 Å². The molecule has 0 bridgehead atoms. The van der Waals surface area contributed by atoms with Crippen LogP contribution < -0.4 is 0 Å². The molecule has 0 saturated heterocycles. The molecule has 1 aliphatic carbocycles. The van der Waals surface area contributed by atoms with Crippen LogP contribution in [0.25, 0.3) is 0 Å². The first-order chi connectivity index (χ1) is 6.43. The van der Waals surface area contributed by atoms with Gasteiger partial charge >= 0.3 is 0 Å². The van der Waals surface area contributed by atoms with Gasteiger partial charge in [0, 0.05) is 6.61 Å². The molecule has 1 aliphatic rings. The minimum atomic E-state index is 0. The normalized spacial score (nSPS) is 19.8. The van der Waals surface area contributed by atoms with Crippen molar-refractivity contribution >= 4 is 0 Å². The van der Waals surface area contributed by atoms with Crippen molar-refractivity contribution in [3.05, 3.63) is 20.8 Å². The lowest BCUT2D eigenvalue weighted by molar-refractivity contribution is 0.285. The van der Waals surface area contributed by atoms with E-state index in [0.717, 1.165) is 6.42 Å². The van der Waals surface area contributed by atoms with Gasteiger partial charge in [0.25, 0.3) is 0 Å². The molecule has 1 fully saturated rings. The van der Waals surface area contributed by atoms with Gasteiger partial charge in [-0.1, -0.05) is 59.8 Å². The molecule has 89 valence electrons. The van der Waals surface area contributed by atoms with Gasteiger partial charge in [-0.2, -0.15) is 0 Å². The van der Waals surface area contributed by atoms with Crippen LogP contribution in [0.15, 0.2) is 0 Å². The van der Waals surface area contributed by atoms with Crippen molar-refractivity contribution in [2.24, 2.45) is 0 Å². The SMILES string of the molecule is OCC[C]1CCCCCCCCC1.[CH2].[CH2]. The number of hydrogen-bond acceptors (Lipinski definition) is 1. The number of rotatable bonds is 2. The van der Waals surface area contributed by atoms with Crippen molar-refractivity contribution in [1.29, 1.82) is 0 Å². The Morgan fingerprint density at radius 1 is 0.733 bits per heavy atom. The molecule has 0 aromatic rings. The molecular weight excluding hydrogens is 184 g/mol. The Hall–Kier alpha value is -0.0400. The first kappa shape index (κ1) is 17.4. The smallest absolute Gasteiger partial charge is 0.0436 e. The lowest BCUT2D eigenvalue weighted by Crippen LogP contribution is -2.02. The summed E-state index contributed by atoms with van der Waals surface area (Å²) in [4.78, 5) is 0. The zero-order valence-corrected chi connectivity index (χ0v) is 10.1. The fraction of sp³-hybridized carbons (Fsp3) is 0.786. The van der Waals surface area contributed by atoms with Gasteiger partial charge in [0.2, 0.25) is 0 Å². The van der Waals surface area contributed by atoms with Crippen molar-refractivity contribution in [3.8, 4) is 0 Å². The fourth-order valence-corrected chi connectivity index (χ4v) is 2.17. The zero-order valence-electron chi connectivity index (χ0n) is 10.1. The second-order valence-corrected chi connectivity index (χ2v) is 4.20. The molecule has 0 aliphatic heterocycles. The minimum Gasteiger partial charge on any atom is -0.396 e. The van der Waals surface area contributed by atoms with Crippen LogP contribution in [0.3, 0.4) is 0 Å². The number of aliphatic hydroxyl groups excluding tert-OH is 1. The van der Waals surface area contributed by atoms with Gasteiger partial charge in [0.15, 0.2) is 0 Å². The Morgan fingerprint density at radius 2 is 1.13 bits per heavy atom. The molecule has 0 aromatic carbocycles. The van der Waals surface area contributed by atoms with Gasteiger partial charge < -0.3 is 5.11 Å². The van der Waals surface area contributed by atoms with Gasteiger partial charge in [-0.05, 0) is 25.2 Å². The number of aliphatic hydroxyl groups is 1. The predicted octanol–water partition coefficient (Wildman–Crippen LogP) is 4.12. The summed E-state index contributed by atoms with van der Waals surface area (Å²) in [5.41, 5.74) is 0. The lowest BCUT2D eigenvalue weighted by atomic mass is 9.90. The van der Waals surface area contributed by atoms with Gasteiger partial charge in [-0.3, -0.25) is 0 Å². The molecule has 5 radical (unpaired) electrons. The first-order valence-corrected chi connectivity index (χ1v) is 5.88. The van der Waals surface area contributed by atoms with Crippen molar-refractivity contribution in [2.45, 2.75) is 64.2 Å². The average Bonchev–Trinajstić information content (AvgIpc) is 2.16. The third-order valence-electron chi connectivity index (χ3n) is 3.03. The summed E-state index contributed by atoms with van der Waals surface area (Å²) >= 11 is 0. The van der Waals surface area contributed by atoms with Gasteiger partial charge in [-0.15, -0.1) is 0 Å². The standard InChI is InChI=1S/C12H23O.2CH2/c13-11-10-12-8-6-4-2-1-3-5-7-9-12;;/h13H,1-11H2;2*1H2. The highest BCUT2D eigenvalue weighted by Crippen LogP contribution is 2.25. The Morgan fingerprint density at radius 3 is 1.53 bits per heavy atom. The summed E-state index contributed by atoms with van der Waals surface area (Å²) in [7, 11) is 0. The van der Waals surface area contributed by atoms with E-state index in [9.17, 15) is 0 Å². The molecule has 1 N–H and O–H groups in total. The van der Waals surface area contributed by atoms with Gasteiger partial charge in [-0.25, -0.2) is 0 Å². The van der Waals surface area contributed by atoms with E-state index in [-0.39, 0.29) is 14.9 Å². The highest BCUT2D eigenvalue weighted by molar-refractivity contribution is 4.89. The average molecular weight is 211 g/mol. The zero-order chi connectivity index (χ0) is 9.36. The van der Waals surface area contributed by atoms with Crippen LogP contribution in [0.1, 0.15) is 64.2 Å². The van der Waals surface area contributed by atoms with E-state index in [0.29, 0.717) is 6.61 Å². The molecule has 0 spiro atoms. The molecule has 0 heterocycles. The van der Waals surface area contributed by atoms with Crippen molar-refractivity contribution in [1.82, 2.24) is 0 Å². The third-order valence-corrected chi connectivity index (χ3v) is 3.03. The minimum absolute atomic E-state index is 0. The summed E-state index contributed by atoms with van der Waals surface area (Å²) in [6.07, 6.45) is 13.3. The predicted molar refractivity (Wildman–Crippen MR) is 67.2 cm³/mol. The summed E-state index contributed by atoms with van der Waals surface area (Å²) in [5.74, 6) is 1.62. The quantitative estimate of drug-likeness (QED) is 0.728. The Labute approximate surface area is 97.3 Å².